The van der Waals surface area contributed by atoms with Crippen LogP contribution < -0.4 is 5.32 Å². The third-order valence-corrected chi connectivity index (χ3v) is 4.91. The first-order chi connectivity index (χ1) is 11.6. The van der Waals surface area contributed by atoms with Gasteiger partial charge in [-0.2, -0.15) is 0 Å². The predicted octanol–water partition coefficient (Wildman–Crippen LogP) is 3.94. The summed E-state index contributed by atoms with van der Waals surface area (Å²) in [5.41, 5.74) is 0.919. The lowest BCUT2D eigenvalue weighted by atomic mass is 9.85. The Morgan fingerprint density at radius 1 is 1.08 bits per heavy atom. The first-order valence-corrected chi connectivity index (χ1v) is 9.21. The van der Waals surface area contributed by atoms with Gasteiger partial charge in [0.15, 0.2) is 0 Å². The number of rotatable bonds is 9. The minimum atomic E-state index is -0.977. The van der Waals surface area contributed by atoms with Gasteiger partial charge in [-0.3, -0.25) is 4.79 Å². The summed E-state index contributed by atoms with van der Waals surface area (Å²) >= 11 is 0. The van der Waals surface area contributed by atoms with E-state index in [0.29, 0.717) is 12.8 Å². The van der Waals surface area contributed by atoms with Crippen LogP contribution in [0.4, 0.5) is 0 Å². The van der Waals surface area contributed by atoms with Crippen LogP contribution in [0.1, 0.15) is 63.4 Å². The fourth-order valence-electron chi connectivity index (χ4n) is 3.51. The molecule has 0 aliphatic heterocycles. The average molecular weight is 331 g/mol. The van der Waals surface area contributed by atoms with E-state index in [0.717, 1.165) is 24.3 Å². The lowest BCUT2D eigenvalue weighted by Gasteiger charge is -2.21. The Balaban J connectivity index is 1.67. The van der Waals surface area contributed by atoms with Crippen molar-refractivity contribution < 1.29 is 14.7 Å². The molecule has 0 saturated heterocycles. The molecule has 0 unspecified atom stereocenters. The molecule has 1 atom stereocenters. The van der Waals surface area contributed by atoms with Gasteiger partial charge in [-0.1, -0.05) is 75.3 Å². The van der Waals surface area contributed by atoms with Gasteiger partial charge in [0, 0.05) is 12.8 Å². The Morgan fingerprint density at radius 2 is 1.79 bits per heavy atom. The van der Waals surface area contributed by atoms with Crippen molar-refractivity contribution in [1.29, 1.82) is 0 Å². The van der Waals surface area contributed by atoms with Crippen LogP contribution in [0, 0.1) is 5.92 Å². The van der Waals surface area contributed by atoms with Crippen LogP contribution in [0.15, 0.2) is 30.3 Å². The van der Waals surface area contributed by atoms with E-state index in [2.05, 4.69) is 5.32 Å². The summed E-state index contributed by atoms with van der Waals surface area (Å²) in [7, 11) is 0. The van der Waals surface area contributed by atoms with Crippen LogP contribution in [-0.4, -0.2) is 23.0 Å². The minimum Gasteiger partial charge on any atom is -0.480 e. The number of carbonyl (C=O) groups excluding carboxylic acids is 1. The number of hydrogen-bond acceptors (Lipinski definition) is 2. The van der Waals surface area contributed by atoms with Gasteiger partial charge in [-0.25, -0.2) is 4.79 Å². The highest BCUT2D eigenvalue weighted by molar-refractivity contribution is 5.83. The van der Waals surface area contributed by atoms with Gasteiger partial charge >= 0.3 is 5.97 Å². The van der Waals surface area contributed by atoms with Crippen molar-refractivity contribution in [2.45, 2.75) is 70.3 Å². The Bertz CT molecular complexity index is 509. The SMILES string of the molecule is O=C(CCCCC1CCCCC1)N[C@H](Cc1ccccc1)C(=O)O. The molecule has 4 nitrogen and oxygen atoms in total. The van der Waals surface area contributed by atoms with E-state index in [1.807, 2.05) is 30.3 Å². The minimum absolute atomic E-state index is 0.151. The molecule has 1 aromatic carbocycles. The van der Waals surface area contributed by atoms with E-state index in [-0.39, 0.29) is 5.91 Å². The standard InChI is InChI=1S/C20H29NO3/c22-19(14-8-7-11-16-9-3-1-4-10-16)21-18(20(23)24)15-17-12-5-2-6-13-17/h2,5-6,12-13,16,18H,1,3-4,7-11,14-15H2,(H,21,22)(H,23,24)/t18-/m1/s1. The Kier molecular flexibility index (Phi) is 7.80. The summed E-state index contributed by atoms with van der Waals surface area (Å²) in [6.45, 7) is 0. The number of amides is 1. The van der Waals surface area contributed by atoms with Crippen molar-refractivity contribution in [2.24, 2.45) is 5.92 Å². The van der Waals surface area contributed by atoms with Crippen LogP contribution in [0.5, 0.6) is 0 Å². The van der Waals surface area contributed by atoms with Gasteiger partial charge < -0.3 is 10.4 Å². The number of carboxylic acid groups (broad SMARTS) is 1. The number of carbonyl (C=O) groups is 2. The average Bonchev–Trinajstić information content (AvgIpc) is 2.60. The van der Waals surface area contributed by atoms with Crippen LogP contribution in [0.2, 0.25) is 0 Å². The lowest BCUT2D eigenvalue weighted by Crippen LogP contribution is -2.42. The summed E-state index contributed by atoms with van der Waals surface area (Å²) in [4.78, 5) is 23.4. The van der Waals surface area contributed by atoms with Crippen molar-refractivity contribution in [1.82, 2.24) is 5.32 Å². The fourth-order valence-corrected chi connectivity index (χ4v) is 3.51. The molecule has 0 radical (unpaired) electrons. The van der Waals surface area contributed by atoms with Gasteiger partial charge in [-0.15, -0.1) is 0 Å². The van der Waals surface area contributed by atoms with Gasteiger partial charge in [-0.05, 0) is 17.9 Å². The molecule has 1 amide bonds. The monoisotopic (exact) mass is 331 g/mol. The number of benzene rings is 1. The molecule has 2 N–H and O–H groups in total. The molecule has 24 heavy (non-hydrogen) atoms. The molecule has 0 bridgehead atoms. The van der Waals surface area contributed by atoms with Crippen molar-refractivity contribution in [3.63, 3.8) is 0 Å². The van der Waals surface area contributed by atoms with Crippen molar-refractivity contribution in [2.75, 3.05) is 0 Å². The van der Waals surface area contributed by atoms with E-state index in [4.69, 9.17) is 0 Å². The molecule has 132 valence electrons. The zero-order valence-corrected chi connectivity index (χ0v) is 14.4. The molecular weight excluding hydrogens is 302 g/mol. The van der Waals surface area contributed by atoms with Gasteiger partial charge in [0.05, 0.1) is 0 Å². The summed E-state index contributed by atoms with van der Waals surface area (Å²) in [5.74, 6) is -0.289. The fraction of sp³-hybridized carbons (Fsp3) is 0.600. The van der Waals surface area contributed by atoms with Crippen LogP contribution in [0.25, 0.3) is 0 Å². The van der Waals surface area contributed by atoms with E-state index in [1.54, 1.807) is 0 Å². The second-order valence-corrected chi connectivity index (χ2v) is 6.90. The smallest absolute Gasteiger partial charge is 0.326 e. The first kappa shape index (κ1) is 18.5. The van der Waals surface area contributed by atoms with Gasteiger partial charge in [0.25, 0.3) is 0 Å². The summed E-state index contributed by atoms with van der Waals surface area (Å²) < 4.78 is 0. The summed E-state index contributed by atoms with van der Waals surface area (Å²) in [6.07, 6.45) is 10.6. The molecule has 0 aromatic heterocycles. The molecule has 1 aliphatic carbocycles. The maximum absolute atomic E-state index is 12.0. The lowest BCUT2D eigenvalue weighted by molar-refractivity contribution is -0.141. The zero-order chi connectivity index (χ0) is 17.2. The molecule has 1 fully saturated rings. The van der Waals surface area contributed by atoms with Gasteiger partial charge in [0.1, 0.15) is 6.04 Å². The number of carboxylic acids is 1. The maximum Gasteiger partial charge on any atom is 0.326 e. The normalized spacial score (nSPS) is 16.5. The number of unbranched alkanes of at least 4 members (excludes halogenated alkanes) is 1. The maximum atomic E-state index is 12.0. The summed E-state index contributed by atoms with van der Waals surface area (Å²) in [5, 5.41) is 12.0. The number of nitrogens with one attached hydrogen (secondary N) is 1. The highest BCUT2D eigenvalue weighted by Gasteiger charge is 2.20. The Morgan fingerprint density at radius 3 is 2.46 bits per heavy atom. The topological polar surface area (TPSA) is 66.4 Å². The Labute approximate surface area is 144 Å². The molecule has 1 aromatic rings. The van der Waals surface area contributed by atoms with Crippen LogP contribution in [0.3, 0.4) is 0 Å². The van der Waals surface area contributed by atoms with Crippen LogP contribution >= 0.6 is 0 Å². The molecule has 0 spiro atoms. The zero-order valence-electron chi connectivity index (χ0n) is 14.4. The molecular formula is C20H29NO3. The van der Waals surface area contributed by atoms with E-state index >= 15 is 0 Å². The van der Waals surface area contributed by atoms with E-state index < -0.39 is 12.0 Å². The van der Waals surface area contributed by atoms with Crippen molar-refractivity contribution in [3.05, 3.63) is 35.9 Å². The predicted molar refractivity (Wildman–Crippen MR) is 94.8 cm³/mol. The first-order valence-electron chi connectivity index (χ1n) is 9.21. The van der Waals surface area contributed by atoms with Gasteiger partial charge in [0.2, 0.25) is 5.91 Å². The van der Waals surface area contributed by atoms with E-state index in [9.17, 15) is 14.7 Å². The van der Waals surface area contributed by atoms with Crippen molar-refractivity contribution in [3.8, 4) is 0 Å². The molecule has 1 saturated carbocycles. The highest BCUT2D eigenvalue weighted by Crippen LogP contribution is 2.27. The molecule has 0 heterocycles. The quantitative estimate of drug-likeness (QED) is 0.674. The highest BCUT2D eigenvalue weighted by atomic mass is 16.4. The van der Waals surface area contributed by atoms with Crippen molar-refractivity contribution >= 4 is 11.9 Å². The Hall–Kier alpha value is -1.84. The van der Waals surface area contributed by atoms with E-state index in [1.165, 1.54) is 38.5 Å². The second kappa shape index (κ2) is 10.1. The molecule has 4 heteroatoms. The second-order valence-electron chi connectivity index (χ2n) is 6.90. The molecule has 2 rings (SSSR count). The molecule has 1 aliphatic rings. The summed E-state index contributed by atoms with van der Waals surface area (Å²) in [6, 6.07) is 8.56. The number of hydrogen-bond donors (Lipinski definition) is 2. The van der Waals surface area contributed by atoms with Crippen LogP contribution in [-0.2, 0) is 16.0 Å². The largest absolute Gasteiger partial charge is 0.480 e. The third kappa shape index (κ3) is 6.73. The number of aliphatic carboxylic acids is 1. The third-order valence-electron chi connectivity index (χ3n) is 4.91.